The van der Waals surface area contributed by atoms with Gasteiger partial charge in [-0.1, -0.05) is 34.8 Å². The second-order valence-electron chi connectivity index (χ2n) is 7.77. The molecule has 13 heteroatoms. The number of nitrogens with zero attached hydrogens (tertiary/aromatic N) is 2. The number of amides is 1. The number of rotatable bonds is 8. The maximum atomic E-state index is 13.5. The van der Waals surface area contributed by atoms with Gasteiger partial charge in [-0.15, -0.1) is 0 Å². The average Bonchev–Trinajstić information content (AvgIpc) is 3.17. The molecule has 36 heavy (non-hydrogen) atoms. The number of carbonyl (C=O) groups excluding carboxylic acids is 1. The van der Waals surface area contributed by atoms with Gasteiger partial charge in [-0.3, -0.25) is 14.5 Å². The highest BCUT2D eigenvalue weighted by Gasteiger charge is 2.24. The van der Waals surface area contributed by atoms with Gasteiger partial charge in [0.05, 0.1) is 17.9 Å². The Labute approximate surface area is 221 Å². The third-order valence-electron chi connectivity index (χ3n) is 5.07. The normalized spacial score (nSPS) is 12.0. The van der Waals surface area contributed by atoms with Gasteiger partial charge in [-0.25, -0.2) is 17.8 Å². The van der Waals surface area contributed by atoms with Crippen LogP contribution in [-0.4, -0.2) is 45.4 Å². The standard InChI is InChI=1S/C23H19Cl3FN5O3S/c24-23(25,26)13-19(33)29-11-12-36(34,35)32-18-6-5-17-20(14-7-9-28-10-8-14)21(31-22(17)30-18)15-1-3-16(27)4-2-15/h1-10H,11-13H2,(H,29,33)(H2,30,31,32). The SMILES string of the molecule is O=C(CC(Cl)(Cl)Cl)NCCS(=O)(=O)Nc1ccc2c(-c3ccncc3)c(-c3ccc(F)cc3)[nH]c2n1. The number of pyridine rings is 2. The lowest BCUT2D eigenvalue weighted by atomic mass is 10.00. The minimum absolute atomic E-state index is 0.0864. The van der Waals surface area contributed by atoms with Crippen LogP contribution in [0.2, 0.25) is 0 Å². The maximum absolute atomic E-state index is 13.5. The van der Waals surface area contributed by atoms with Gasteiger partial charge in [0.2, 0.25) is 15.9 Å². The fraction of sp³-hybridized carbons (Fsp3) is 0.174. The van der Waals surface area contributed by atoms with Crippen LogP contribution in [0.3, 0.4) is 0 Å². The summed E-state index contributed by atoms with van der Waals surface area (Å²) < 4.78 is 39.2. The first-order valence-corrected chi connectivity index (χ1v) is 13.3. The van der Waals surface area contributed by atoms with Gasteiger partial charge in [0.1, 0.15) is 17.3 Å². The number of hydrogen-bond acceptors (Lipinski definition) is 5. The van der Waals surface area contributed by atoms with E-state index in [-0.39, 0.29) is 18.2 Å². The van der Waals surface area contributed by atoms with E-state index in [2.05, 4.69) is 25.0 Å². The molecule has 0 saturated heterocycles. The van der Waals surface area contributed by atoms with Gasteiger partial charge in [0, 0.05) is 29.9 Å². The van der Waals surface area contributed by atoms with Crippen LogP contribution in [0.1, 0.15) is 6.42 Å². The van der Waals surface area contributed by atoms with Gasteiger partial charge in [0.25, 0.3) is 0 Å². The molecule has 1 aromatic carbocycles. The van der Waals surface area contributed by atoms with Crippen molar-refractivity contribution >= 4 is 67.6 Å². The van der Waals surface area contributed by atoms with Gasteiger partial charge < -0.3 is 10.3 Å². The lowest BCUT2D eigenvalue weighted by molar-refractivity contribution is -0.120. The Morgan fingerprint density at radius 2 is 1.69 bits per heavy atom. The Morgan fingerprint density at radius 1 is 1.00 bits per heavy atom. The third-order valence-corrected chi connectivity index (χ3v) is 6.74. The fourth-order valence-corrected chi connectivity index (χ4v) is 4.83. The van der Waals surface area contributed by atoms with E-state index in [9.17, 15) is 17.6 Å². The van der Waals surface area contributed by atoms with Gasteiger partial charge in [-0.05, 0) is 59.7 Å². The summed E-state index contributed by atoms with van der Waals surface area (Å²) in [6.45, 7) is -0.180. The first-order valence-electron chi connectivity index (χ1n) is 10.5. The van der Waals surface area contributed by atoms with Crippen molar-refractivity contribution in [2.24, 2.45) is 0 Å². The highest BCUT2D eigenvalue weighted by atomic mass is 35.6. The molecule has 0 bridgehead atoms. The van der Waals surface area contributed by atoms with Crippen LogP contribution < -0.4 is 10.0 Å². The molecule has 188 valence electrons. The van der Waals surface area contributed by atoms with Crippen LogP contribution in [0.4, 0.5) is 10.2 Å². The number of anilines is 1. The summed E-state index contributed by atoms with van der Waals surface area (Å²) in [6.07, 6.45) is 2.92. The molecule has 1 amide bonds. The first-order chi connectivity index (χ1) is 17.0. The van der Waals surface area contributed by atoms with Crippen molar-refractivity contribution in [1.29, 1.82) is 0 Å². The molecular formula is C23H19Cl3FN5O3S. The van der Waals surface area contributed by atoms with Crippen molar-refractivity contribution in [3.63, 3.8) is 0 Å². The monoisotopic (exact) mass is 569 g/mol. The number of sulfonamides is 1. The number of carbonyl (C=O) groups is 1. The van der Waals surface area contributed by atoms with Crippen LogP contribution in [-0.2, 0) is 14.8 Å². The van der Waals surface area contributed by atoms with Crippen molar-refractivity contribution < 1.29 is 17.6 Å². The Kier molecular flexibility index (Phi) is 7.70. The fourth-order valence-electron chi connectivity index (χ4n) is 3.56. The number of H-pyrrole nitrogens is 1. The molecule has 0 unspecified atom stereocenters. The lowest BCUT2D eigenvalue weighted by Crippen LogP contribution is -2.33. The third kappa shape index (κ3) is 6.64. The Hall–Kier alpha value is -2.92. The Bertz CT molecular complexity index is 1490. The minimum Gasteiger partial charge on any atom is -0.355 e. The second kappa shape index (κ2) is 10.6. The largest absolute Gasteiger partial charge is 0.355 e. The van der Waals surface area contributed by atoms with E-state index in [1.807, 2.05) is 12.1 Å². The topological polar surface area (TPSA) is 117 Å². The quantitative estimate of drug-likeness (QED) is 0.256. The van der Waals surface area contributed by atoms with Gasteiger partial charge in [0.15, 0.2) is 3.79 Å². The van der Waals surface area contributed by atoms with Crippen LogP contribution in [0.15, 0.2) is 60.9 Å². The summed E-state index contributed by atoms with van der Waals surface area (Å²) in [4.78, 5) is 23.4. The molecule has 0 saturated carbocycles. The molecule has 3 heterocycles. The van der Waals surface area contributed by atoms with Crippen LogP contribution in [0, 0.1) is 5.82 Å². The van der Waals surface area contributed by atoms with Crippen molar-refractivity contribution in [3.05, 3.63) is 66.7 Å². The van der Waals surface area contributed by atoms with Crippen LogP contribution >= 0.6 is 34.8 Å². The molecule has 0 fully saturated rings. The predicted octanol–water partition coefficient (Wildman–Crippen LogP) is 5.05. The smallest absolute Gasteiger partial charge is 0.235 e. The Balaban J connectivity index is 1.59. The van der Waals surface area contributed by atoms with E-state index in [1.165, 1.54) is 18.2 Å². The Morgan fingerprint density at radius 3 is 2.36 bits per heavy atom. The number of benzene rings is 1. The molecule has 4 aromatic rings. The number of nitrogens with one attached hydrogen (secondary N) is 3. The zero-order valence-corrected chi connectivity index (χ0v) is 21.5. The van der Waals surface area contributed by atoms with Gasteiger partial charge in [-0.2, -0.15) is 0 Å². The van der Waals surface area contributed by atoms with Crippen molar-refractivity contribution in [2.45, 2.75) is 10.2 Å². The summed E-state index contributed by atoms with van der Waals surface area (Å²) in [7, 11) is -3.85. The van der Waals surface area contributed by atoms with Crippen molar-refractivity contribution in [2.75, 3.05) is 17.0 Å². The van der Waals surface area contributed by atoms with Crippen LogP contribution in [0.25, 0.3) is 33.4 Å². The van der Waals surface area contributed by atoms with Crippen molar-refractivity contribution in [3.8, 4) is 22.4 Å². The molecule has 3 N–H and O–H groups in total. The molecule has 0 aliphatic carbocycles. The molecule has 0 radical (unpaired) electrons. The highest BCUT2D eigenvalue weighted by molar-refractivity contribution is 7.92. The molecule has 0 atom stereocenters. The van der Waals surface area contributed by atoms with Crippen LogP contribution in [0.5, 0.6) is 0 Å². The van der Waals surface area contributed by atoms with E-state index in [0.29, 0.717) is 11.3 Å². The second-order valence-corrected chi connectivity index (χ2v) is 12.1. The molecule has 0 spiro atoms. The van der Waals surface area contributed by atoms with Gasteiger partial charge >= 0.3 is 0 Å². The molecular weight excluding hydrogens is 552 g/mol. The number of aromatic amines is 1. The summed E-state index contributed by atoms with van der Waals surface area (Å²) in [5, 5.41) is 3.13. The maximum Gasteiger partial charge on any atom is 0.235 e. The summed E-state index contributed by atoms with van der Waals surface area (Å²) in [5.41, 5.74) is 3.53. The van der Waals surface area contributed by atoms with E-state index in [1.54, 1.807) is 30.6 Å². The number of fused-ring (bicyclic) bond motifs is 1. The predicted molar refractivity (Wildman–Crippen MR) is 140 cm³/mol. The first kappa shape index (κ1) is 26.2. The number of halogens is 4. The zero-order chi connectivity index (χ0) is 25.9. The summed E-state index contributed by atoms with van der Waals surface area (Å²) in [5.74, 6) is -1.28. The van der Waals surface area contributed by atoms with E-state index in [4.69, 9.17) is 34.8 Å². The molecule has 0 aliphatic rings. The summed E-state index contributed by atoms with van der Waals surface area (Å²) in [6, 6.07) is 13.0. The highest BCUT2D eigenvalue weighted by Crippen LogP contribution is 2.38. The molecule has 0 aliphatic heterocycles. The summed E-state index contributed by atoms with van der Waals surface area (Å²) >= 11 is 16.7. The minimum atomic E-state index is -3.85. The number of hydrogen-bond donors (Lipinski definition) is 3. The number of alkyl halides is 3. The van der Waals surface area contributed by atoms with E-state index >= 15 is 0 Å². The molecule has 4 rings (SSSR count). The van der Waals surface area contributed by atoms with E-state index in [0.717, 1.165) is 22.1 Å². The van der Waals surface area contributed by atoms with Crippen molar-refractivity contribution in [1.82, 2.24) is 20.3 Å². The zero-order valence-electron chi connectivity index (χ0n) is 18.4. The van der Waals surface area contributed by atoms with E-state index < -0.39 is 31.9 Å². The number of aromatic nitrogens is 3. The molecule has 8 nitrogen and oxygen atoms in total. The lowest BCUT2D eigenvalue weighted by Gasteiger charge is -2.11. The average molecular weight is 571 g/mol. The molecule has 3 aromatic heterocycles.